The Morgan fingerprint density at radius 3 is 2.75 bits per heavy atom. The zero-order valence-electron chi connectivity index (χ0n) is 11.3. The number of nitrogens with zero attached hydrogens (tertiary/aromatic N) is 2. The lowest BCUT2D eigenvalue weighted by molar-refractivity contribution is 0.293. The molecule has 1 aliphatic rings. The van der Waals surface area contributed by atoms with Crippen molar-refractivity contribution < 1.29 is 9.84 Å². The van der Waals surface area contributed by atoms with Crippen LogP contribution in [0.1, 0.15) is 11.1 Å². The fraction of sp³-hybridized carbons (Fsp3) is 0.267. The number of hydrazine groups is 1. The first kappa shape index (κ1) is 12.7. The van der Waals surface area contributed by atoms with E-state index in [1.807, 2.05) is 18.2 Å². The molecule has 5 heteroatoms. The molecule has 3 rings (SSSR count). The highest BCUT2D eigenvalue weighted by molar-refractivity contribution is 5.50. The highest BCUT2D eigenvalue weighted by Gasteiger charge is 2.22. The summed E-state index contributed by atoms with van der Waals surface area (Å²) in [4.78, 5) is 4.00. The average Bonchev–Trinajstić information content (AvgIpc) is 2.49. The quantitative estimate of drug-likeness (QED) is 0.896. The molecule has 0 saturated carbocycles. The van der Waals surface area contributed by atoms with Gasteiger partial charge in [0.25, 0.3) is 0 Å². The van der Waals surface area contributed by atoms with Crippen LogP contribution in [0.25, 0.3) is 0 Å². The standard InChI is InChI=1S/C15H17N3O2/c1-20-15-3-2-14(19)12-6-9-18(10-13(12)15)17-11-4-7-16-8-5-11/h2-5,7-8,19H,6,9-10H2,1H3,(H,16,17). The molecule has 1 aromatic heterocycles. The second-order valence-electron chi connectivity index (χ2n) is 4.76. The molecule has 0 saturated heterocycles. The fourth-order valence-corrected chi connectivity index (χ4v) is 2.52. The first-order chi connectivity index (χ1) is 9.78. The summed E-state index contributed by atoms with van der Waals surface area (Å²) in [5, 5.41) is 12.1. The van der Waals surface area contributed by atoms with Crippen molar-refractivity contribution in [3.05, 3.63) is 47.8 Å². The fourth-order valence-electron chi connectivity index (χ4n) is 2.52. The number of hydrogen-bond acceptors (Lipinski definition) is 5. The molecule has 0 aliphatic carbocycles. The molecule has 2 aromatic rings. The van der Waals surface area contributed by atoms with Crippen molar-refractivity contribution >= 4 is 5.69 Å². The Bertz CT molecular complexity index is 602. The monoisotopic (exact) mass is 271 g/mol. The van der Waals surface area contributed by atoms with Gasteiger partial charge in [-0.05, 0) is 30.7 Å². The smallest absolute Gasteiger partial charge is 0.123 e. The highest BCUT2D eigenvalue weighted by atomic mass is 16.5. The number of phenols is 1. The second-order valence-corrected chi connectivity index (χ2v) is 4.76. The van der Waals surface area contributed by atoms with Gasteiger partial charge in [-0.3, -0.25) is 4.98 Å². The van der Waals surface area contributed by atoms with Gasteiger partial charge in [0.15, 0.2) is 0 Å². The van der Waals surface area contributed by atoms with Crippen molar-refractivity contribution in [1.82, 2.24) is 9.99 Å². The molecule has 1 aromatic carbocycles. The number of fused-ring (bicyclic) bond motifs is 1. The van der Waals surface area contributed by atoms with E-state index < -0.39 is 0 Å². The Balaban J connectivity index is 1.83. The molecule has 2 heterocycles. The zero-order valence-corrected chi connectivity index (χ0v) is 11.3. The van der Waals surface area contributed by atoms with E-state index in [2.05, 4.69) is 15.4 Å². The predicted octanol–water partition coefficient (Wildman–Crippen LogP) is 2.18. The summed E-state index contributed by atoms with van der Waals surface area (Å²) < 4.78 is 5.39. The van der Waals surface area contributed by atoms with Crippen LogP contribution in [0.4, 0.5) is 5.69 Å². The molecule has 20 heavy (non-hydrogen) atoms. The molecule has 0 radical (unpaired) electrons. The largest absolute Gasteiger partial charge is 0.508 e. The Kier molecular flexibility index (Phi) is 3.43. The summed E-state index contributed by atoms with van der Waals surface area (Å²) in [5.74, 6) is 1.17. The van der Waals surface area contributed by atoms with Gasteiger partial charge in [-0.2, -0.15) is 0 Å². The summed E-state index contributed by atoms with van der Waals surface area (Å²) in [6.07, 6.45) is 4.30. The number of ether oxygens (including phenoxy) is 1. The average molecular weight is 271 g/mol. The van der Waals surface area contributed by atoms with Gasteiger partial charge in [-0.1, -0.05) is 0 Å². The molecular weight excluding hydrogens is 254 g/mol. The summed E-state index contributed by atoms with van der Waals surface area (Å²) in [5.41, 5.74) is 6.38. The van der Waals surface area contributed by atoms with Crippen LogP contribution in [0.2, 0.25) is 0 Å². The Morgan fingerprint density at radius 2 is 2.00 bits per heavy atom. The maximum atomic E-state index is 9.95. The van der Waals surface area contributed by atoms with Crippen LogP contribution < -0.4 is 10.2 Å². The van der Waals surface area contributed by atoms with Crippen LogP contribution >= 0.6 is 0 Å². The van der Waals surface area contributed by atoms with Crippen molar-refractivity contribution in [1.29, 1.82) is 0 Å². The number of benzene rings is 1. The Morgan fingerprint density at radius 1 is 1.20 bits per heavy atom. The third-order valence-corrected chi connectivity index (χ3v) is 3.53. The SMILES string of the molecule is COc1ccc(O)c2c1CN(Nc1ccncc1)CC2. The van der Waals surface area contributed by atoms with Crippen molar-refractivity contribution in [3.8, 4) is 11.5 Å². The lowest BCUT2D eigenvalue weighted by Gasteiger charge is -2.31. The van der Waals surface area contributed by atoms with Gasteiger partial charge in [0.2, 0.25) is 0 Å². The highest BCUT2D eigenvalue weighted by Crippen LogP contribution is 2.34. The number of hydrogen-bond donors (Lipinski definition) is 2. The van der Waals surface area contributed by atoms with E-state index in [4.69, 9.17) is 4.74 Å². The molecule has 0 fully saturated rings. The normalized spacial score (nSPS) is 14.7. The first-order valence-electron chi connectivity index (χ1n) is 6.57. The van der Waals surface area contributed by atoms with Gasteiger partial charge in [0.05, 0.1) is 12.8 Å². The molecule has 104 valence electrons. The number of nitrogens with one attached hydrogen (secondary N) is 1. The van der Waals surface area contributed by atoms with Gasteiger partial charge in [0.1, 0.15) is 11.5 Å². The van der Waals surface area contributed by atoms with Gasteiger partial charge in [-0.15, -0.1) is 0 Å². The number of methoxy groups -OCH3 is 1. The van der Waals surface area contributed by atoms with E-state index in [0.717, 1.165) is 35.5 Å². The zero-order chi connectivity index (χ0) is 13.9. The number of phenolic OH excluding ortho intramolecular Hbond substituents is 1. The van der Waals surface area contributed by atoms with Gasteiger partial charge >= 0.3 is 0 Å². The van der Waals surface area contributed by atoms with Crippen LogP contribution in [-0.4, -0.2) is 28.8 Å². The van der Waals surface area contributed by atoms with Gasteiger partial charge in [0, 0.05) is 36.6 Å². The van der Waals surface area contributed by atoms with Gasteiger partial charge < -0.3 is 15.3 Å². The van der Waals surface area contributed by atoms with Crippen LogP contribution in [-0.2, 0) is 13.0 Å². The number of anilines is 1. The lowest BCUT2D eigenvalue weighted by Crippen LogP contribution is -2.35. The van der Waals surface area contributed by atoms with E-state index in [0.29, 0.717) is 12.3 Å². The molecule has 1 aliphatic heterocycles. The van der Waals surface area contributed by atoms with Crippen LogP contribution in [0.5, 0.6) is 11.5 Å². The third-order valence-electron chi connectivity index (χ3n) is 3.53. The maximum Gasteiger partial charge on any atom is 0.123 e. The molecule has 5 nitrogen and oxygen atoms in total. The second kappa shape index (κ2) is 5.38. The number of aromatic nitrogens is 1. The lowest BCUT2D eigenvalue weighted by atomic mass is 9.98. The van der Waals surface area contributed by atoms with Crippen LogP contribution in [0, 0.1) is 0 Å². The summed E-state index contributed by atoms with van der Waals surface area (Å²) in [7, 11) is 1.65. The Hall–Kier alpha value is -2.27. The maximum absolute atomic E-state index is 9.95. The molecule has 0 spiro atoms. The van der Waals surface area contributed by atoms with Crippen molar-refractivity contribution in [2.45, 2.75) is 13.0 Å². The first-order valence-corrected chi connectivity index (χ1v) is 6.57. The minimum absolute atomic E-state index is 0.351. The van der Waals surface area contributed by atoms with Crippen molar-refractivity contribution in [2.75, 3.05) is 19.1 Å². The predicted molar refractivity (Wildman–Crippen MR) is 76.6 cm³/mol. The molecule has 0 unspecified atom stereocenters. The minimum Gasteiger partial charge on any atom is -0.508 e. The molecule has 0 atom stereocenters. The van der Waals surface area contributed by atoms with E-state index in [-0.39, 0.29) is 0 Å². The molecule has 2 N–H and O–H groups in total. The number of pyridine rings is 1. The summed E-state index contributed by atoms with van der Waals surface area (Å²) in [6.45, 7) is 1.52. The van der Waals surface area contributed by atoms with Crippen molar-refractivity contribution in [3.63, 3.8) is 0 Å². The number of rotatable bonds is 3. The molecular formula is C15H17N3O2. The molecule has 0 amide bonds. The van der Waals surface area contributed by atoms with Crippen LogP contribution in [0.15, 0.2) is 36.7 Å². The number of aromatic hydroxyl groups is 1. The van der Waals surface area contributed by atoms with Crippen molar-refractivity contribution in [2.24, 2.45) is 0 Å². The van der Waals surface area contributed by atoms with E-state index >= 15 is 0 Å². The van der Waals surface area contributed by atoms with Crippen LogP contribution in [0.3, 0.4) is 0 Å². The summed E-state index contributed by atoms with van der Waals surface area (Å²) in [6, 6.07) is 7.36. The van der Waals surface area contributed by atoms with E-state index in [1.54, 1.807) is 25.6 Å². The van der Waals surface area contributed by atoms with E-state index in [1.165, 1.54) is 0 Å². The third kappa shape index (κ3) is 2.40. The minimum atomic E-state index is 0.351. The summed E-state index contributed by atoms with van der Waals surface area (Å²) >= 11 is 0. The molecule has 0 bridgehead atoms. The topological polar surface area (TPSA) is 57.6 Å². The van der Waals surface area contributed by atoms with Gasteiger partial charge in [-0.25, -0.2) is 5.01 Å². The van der Waals surface area contributed by atoms with E-state index in [9.17, 15) is 5.11 Å². The Labute approximate surface area is 117 Å².